The van der Waals surface area contributed by atoms with Crippen LogP contribution in [0.3, 0.4) is 0 Å². The number of nitrogens with one attached hydrogen (secondary N) is 1. The fourth-order valence-corrected chi connectivity index (χ4v) is 2.49. The Bertz CT molecular complexity index is 536. The van der Waals surface area contributed by atoms with Crippen molar-refractivity contribution in [3.05, 3.63) is 36.2 Å². The Labute approximate surface area is 122 Å². The molecule has 0 saturated heterocycles. The van der Waals surface area contributed by atoms with Crippen molar-refractivity contribution in [2.75, 3.05) is 6.54 Å². The van der Waals surface area contributed by atoms with Crippen molar-refractivity contribution in [3.63, 3.8) is 0 Å². The number of fused-ring (bicyclic) bond motifs is 1. The molecule has 3 heteroatoms. The minimum absolute atomic E-state index is 0.370. The highest BCUT2D eigenvalue weighted by Gasteiger charge is 2.19. The molecule has 0 amide bonds. The Kier molecular flexibility index (Phi) is 4.81. The van der Waals surface area contributed by atoms with Gasteiger partial charge in [0.05, 0.1) is 11.7 Å². The number of rotatable bonds is 6. The Morgan fingerprint density at radius 2 is 2.10 bits per heavy atom. The highest BCUT2D eigenvalue weighted by Crippen LogP contribution is 2.29. The first-order chi connectivity index (χ1) is 9.51. The lowest BCUT2D eigenvalue weighted by atomic mass is 9.87. The average Bonchev–Trinajstić information content (AvgIpc) is 2.82. The highest BCUT2D eigenvalue weighted by atomic mass is 15.2. The van der Waals surface area contributed by atoms with Gasteiger partial charge in [0.2, 0.25) is 0 Å². The minimum atomic E-state index is 0.370. The van der Waals surface area contributed by atoms with Gasteiger partial charge in [-0.3, -0.25) is 0 Å². The van der Waals surface area contributed by atoms with E-state index in [-0.39, 0.29) is 0 Å². The Hall–Kier alpha value is -1.35. The first-order valence-electron chi connectivity index (χ1n) is 7.67. The first-order valence-corrected chi connectivity index (χ1v) is 7.67. The van der Waals surface area contributed by atoms with Gasteiger partial charge in [0.1, 0.15) is 0 Å². The minimum Gasteiger partial charge on any atom is -0.310 e. The van der Waals surface area contributed by atoms with E-state index < -0.39 is 0 Å². The van der Waals surface area contributed by atoms with Gasteiger partial charge in [0.25, 0.3) is 0 Å². The topological polar surface area (TPSA) is 29.3 Å². The summed E-state index contributed by atoms with van der Waals surface area (Å²) in [5, 5.41) is 8.15. The monoisotopic (exact) mass is 273 g/mol. The van der Waals surface area contributed by atoms with Crippen molar-refractivity contribution in [1.82, 2.24) is 14.9 Å². The zero-order valence-corrected chi connectivity index (χ0v) is 13.2. The predicted molar refractivity (Wildman–Crippen MR) is 84.9 cm³/mol. The lowest BCUT2D eigenvalue weighted by Crippen LogP contribution is -2.23. The maximum Gasteiger partial charge on any atom is 0.0709 e. The molecule has 1 atom stereocenters. The van der Waals surface area contributed by atoms with E-state index >= 15 is 0 Å². The smallest absolute Gasteiger partial charge is 0.0709 e. The molecular formula is C17H27N3. The van der Waals surface area contributed by atoms with Crippen LogP contribution in [-0.4, -0.2) is 16.2 Å². The van der Waals surface area contributed by atoms with E-state index in [4.69, 9.17) is 0 Å². The number of hydrogen-bond donors (Lipinski definition) is 1. The molecule has 0 saturated carbocycles. The third-order valence-corrected chi connectivity index (χ3v) is 3.66. The van der Waals surface area contributed by atoms with Gasteiger partial charge in [-0.1, -0.05) is 33.8 Å². The van der Waals surface area contributed by atoms with Crippen molar-refractivity contribution in [3.8, 4) is 0 Å². The van der Waals surface area contributed by atoms with Gasteiger partial charge < -0.3 is 5.32 Å². The zero-order chi connectivity index (χ0) is 14.6. The maximum atomic E-state index is 4.47. The number of hydrogen-bond acceptors (Lipinski definition) is 2. The molecule has 2 aromatic heterocycles. The third kappa shape index (κ3) is 3.83. The molecule has 3 nitrogen and oxygen atoms in total. The molecule has 0 radical (unpaired) electrons. The lowest BCUT2D eigenvalue weighted by Gasteiger charge is -2.23. The second-order valence-electron chi connectivity index (χ2n) is 6.74. The summed E-state index contributed by atoms with van der Waals surface area (Å²) in [6.07, 6.45) is 7.55. The van der Waals surface area contributed by atoms with E-state index in [1.807, 2.05) is 23.0 Å². The molecule has 0 fully saturated rings. The molecule has 0 aliphatic carbocycles. The van der Waals surface area contributed by atoms with Crippen LogP contribution in [0.5, 0.6) is 0 Å². The molecule has 0 aliphatic rings. The van der Waals surface area contributed by atoms with E-state index in [0.717, 1.165) is 19.4 Å². The molecule has 2 heterocycles. The van der Waals surface area contributed by atoms with Gasteiger partial charge in [-0.2, -0.15) is 5.10 Å². The quantitative estimate of drug-likeness (QED) is 0.854. The molecule has 0 aromatic carbocycles. The van der Waals surface area contributed by atoms with Crippen LogP contribution in [-0.2, 0) is 0 Å². The summed E-state index contributed by atoms with van der Waals surface area (Å²) < 4.78 is 1.97. The van der Waals surface area contributed by atoms with E-state index in [9.17, 15) is 0 Å². The largest absolute Gasteiger partial charge is 0.310 e. The summed E-state index contributed by atoms with van der Waals surface area (Å²) in [5.74, 6) is 0. The number of aromatic nitrogens is 2. The van der Waals surface area contributed by atoms with Crippen molar-refractivity contribution in [2.45, 2.75) is 53.0 Å². The molecule has 0 spiro atoms. The fraction of sp³-hybridized carbons (Fsp3) is 0.588. The molecule has 0 aliphatic heterocycles. The lowest BCUT2D eigenvalue weighted by molar-refractivity contribution is 0.332. The Balaban J connectivity index is 2.21. The summed E-state index contributed by atoms with van der Waals surface area (Å²) in [7, 11) is 0. The maximum absolute atomic E-state index is 4.47. The predicted octanol–water partition coefficient (Wildman–Crippen LogP) is 4.20. The zero-order valence-electron chi connectivity index (χ0n) is 13.2. The summed E-state index contributed by atoms with van der Waals surface area (Å²) in [6.45, 7) is 10.2. The van der Waals surface area contributed by atoms with Crippen molar-refractivity contribution >= 4 is 5.52 Å². The normalized spacial score (nSPS) is 13.8. The molecule has 0 bridgehead atoms. The van der Waals surface area contributed by atoms with Crippen LogP contribution >= 0.6 is 0 Å². The van der Waals surface area contributed by atoms with Gasteiger partial charge in [-0.05, 0) is 43.4 Å². The molecule has 2 aromatic rings. The van der Waals surface area contributed by atoms with Crippen LogP contribution in [0.4, 0.5) is 0 Å². The van der Waals surface area contributed by atoms with E-state index in [1.165, 1.54) is 17.5 Å². The second-order valence-corrected chi connectivity index (χ2v) is 6.74. The van der Waals surface area contributed by atoms with Gasteiger partial charge in [-0.15, -0.1) is 0 Å². The van der Waals surface area contributed by atoms with Crippen LogP contribution in [0.15, 0.2) is 30.6 Å². The SMILES string of the molecule is CCCNC(CCC(C)(C)C)c1cnn2ccccc12. The number of nitrogens with zero attached hydrogens (tertiary/aromatic N) is 2. The first kappa shape index (κ1) is 15.0. The molecule has 110 valence electrons. The van der Waals surface area contributed by atoms with E-state index in [0.29, 0.717) is 11.5 Å². The summed E-state index contributed by atoms with van der Waals surface area (Å²) in [6, 6.07) is 6.66. The van der Waals surface area contributed by atoms with Crippen molar-refractivity contribution < 1.29 is 0 Å². The Morgan fingerprint density at radius 1 is 1.30 bits per heavy atom. The van der Waals surface area contributed by atoms with Crippen LogP contribution in [0.2, 0.25) is 0 Å². The standard InChI is InChI=1S/C17H27N3/c1-5-11-18-15(9-10-17(2,3)4)14-13-19-20-12-7-6-8-16(14)20/h6-8,12-13,15,18H,5,9-11H2,1-4H3. The van der Waals surface area contributed by atoms with Crippen molar-refractivity contribution in [1.29, 1.82) is 0 Å². The van der Waals surface area contributed by atoms with Crippen LogP contribution in [0.1, 0.15) is 58.6 Å². The van der Waals surface area contributed by atoms with Gasteiger partial charge in [0, 0.05) is 17.8 Å². The van der Waals surface area contributed by atoms with Crippen LogP contribution in [0.25, 0.3) is 5.52 Å². The Morgan fingerprint density at radius 3 is 2.80 bits per heavy atom. The van der Waals surface area contributed by atoms with E-state index in [1.54, 1.807) is 0 Å². The van der Waals surface area contributed by atoms with Gasteiger partial charge in [0.15, 0.2) is 0 Å². The molecule has 2 rings (SSSR count). The average molecular weight is 273 g/mol. The van der Waals surface area contributed by atoms with Crippen LogP contribution < -0.4 is 5.32 Å². The summed E-state index contributed by atoms with van der Waals surface area (Å²) >= 11 is 0. The highest BCUT2D eigenvalue weighted by molar-refractivity contribution is 5.54. The molecule has 1 unspecified atom stereocenters. The summed E-state index contributed by atoms with van der Waals surface area (Å²) in [5.41, 5.74) is 2.91. The summed E-state index contributed by atoms with van der Waals surface area (Å²) in [4.78, 5) is 0. The van der Waals surface area contributed by atoms with E-state index in [2.05, 4.69) is 50.2 Å². The third-order valence-electron chi connectivity index (χ3n) is 3.66. The molecule has 1 N–H and O–H groups in total. The second kappa shape index (κ2) is 6.40. The molecular weight excluding hydrogens is 246 g/mol. The van der Waals surface area contributed by atoms with Gasteiger partial charge >= 0.3 is 0 Å². The fourth-order valence-electron chi connectivity index (χ4n) is 2.49. The molecule has 20 heavy (non-hydrogen) atoms. The van der Waals surface area contributed by atoms with Crippen molar-refractivity contribution in [2.24, 2.45) is 5.41 Å². The van der Waals surface area contributed by atoms with Crippen LogP contribution in [0, 0.1) is 5.41 Å². The van der Waals surface area contributed by atoms with Gasteiger partial charge in [-0.25, -0.2) is 4.52 Å². The number of pyridine rings is 1.